The molecule has 3 nitrogen and oxygen atoms in total. The lowest BCUT2D eigenvalue weighted by molar-refractivity contribution is -0.119. The molecular formula is C17H25FN2O. The number of benzene rings is 1. The summed E-state index contributed by atoms with van der Waals surface area (Å²) >= 11 is 0. The molecule has 0 heterocycles. The lowest BCUT2D eigenvalue weighted by atomic mass is 9.86. The normalized spacial score (nSPS) is 15.9. The predicted octanol–water partition coefficient (Wildman–Crippen LogP) is 3.48. The van der Waals surface area contributed by atoms with Crippen LogP contribution in [0.4, 0.5) is 10.1 Å². The number of hydrogen-bond acceptors (Lipinski definition) is 2. The van der Waals surface area contributed by atoms with Gasteiger partial charge >= 0.3 is 0 Å². The molecule has 1 amide bonds. The van der Waals surface area contributed by atoms with Crippen LogP contribution in [0.15, 0.2) is 24.3 Å². The summed E-state index contributed by atoms with van der Waals surface area (Å²) in [6.45, 7) is 1.15. The van der Waals surface area contributed by atoms with Gasteiger partial charge in [-0.05, 0) is 56.0 Å². The van der Waals surface area contributed by atoms with Gasteiger partial charge in [0.05, 0.1) is 0 Å². The third kappa shape index (κ3) is 4.81. The fraction of sp³-hybridized carbons (Fsp3) is 0.588. The summed E-state index contributed by atoms with van der Waals surface area (Å²) in [7, 11) is 0. The maximum absolute atomic E-state index is 13.1. The van der Waals surface area contributed by atoms with E-state index in [2.05, 4.69) is 0 Å². The van der Waals surface area contributed by atoms with E-state index in [0.29, 0.717) is 25.4 Å². The van der Waals surface area contributed by atoms with E-state index in [9.17, 15) is 9.18 Å². The van der Waals surface area contributed by atoms with Crippen molar-refractivity contribution in [2.45, 2.75) is 44.9 Å². The van der Waals surface area contributed by atoms with Crippen molar-refractivity contribution in [3.63, 3.8) is 0 Å². The molecule has 1 aliphatic rings. The molecule has 0 radical (unpaired) electrons. The Morgan fingerprint density at radius 3 is 2.48 bits per heavy atom. The summed E-state index contributed by atoms with van der Waals surface area (Å²) in [5.74, 6) is 0.367. The fourth-order valence-electron chi connectivity index (χ4n) is 3.02. The lowest BCUT2D eigenvalue weighted by Gasteiger charge is -2.27. The van der Waals surface area contributed by atoms with E-state index < -0.39 is 0 Å². The molecule has 0 unspecified atom stereocenters. The first-order chi connectivity index (χ1) is 10.2. The van der Waals surface area contributed by atoms with Gasteiger partial charge in [-0.3, -0.25) is 4.79 Å². The highest BCUT2D eigenvalue weighted by Gasteiger charge is 2.21. The van der Waals surface area contributed by atoms with E-state index in [1.165, 1.54) is 31.4 Å². The highest BCUT2D eigenvalue weighted by molar-refractivity contribution is 5.93. The van der Waals surface area contributed by atoms with Gasteiger partial charge in [0.25, 0.3) is 0 Å². The van der Waals surface area contributed by atoms with Crippen LogP contribution < -0.4 is 10.6 Å². The molecule has 2 N–H and O–H groups in total. The summed E-state index contributed by atoms with van der Waals surface area (Å²) in [6.07, 6.45) is 7.42. The smallest absolute Gasteiger partial charge is 0.227 e. The van der Waals surface area contributed by atoms with Crippen LogP contribution >= 0.6 is 0 Å². The Morgan fingerprint density at radius 2 is 1.86 bits per heavy atom. The van der Waals surface area contributed by atoms with E-state index in [0.717, 1.165) is 24.9 Å². The summed E-state index contributed by atoms with van der Waals surface area (Å²) in [5, 5.41) is 0. The van der Waals surface area contributed by atoms with Crippen LogP contribution in [-0.4, -0.2) is 19.0 Å². The zero-order chi connectivity index (χ0) is 15.1. The van der Waals surface area contributed by atoms with Gasteiger partial charge in [-0.1, -0.05) is 19.3 Å². The van der Waals surface area contributed by atoms with Gasteiger partial charge < -0.3 is 10.6 Å². The van der Waals surface area contributed by atoms with Gasteiger partial charge in [-0.2, -0.15) is 0 Å². The van der Waals surface area contributed by atoms with Crippen molar-refractivity contribution in [2.24, 2.45) is 11.7 Å². The van der Waals surface area contributed by atoms with Gasteiger partial charge in [0.1, 0.15) is 5.82 Å². The average Bonchev–Trinajstić information content (AvgIpc) is 2.50. The molecule has 0 aromatic heterocycles. The number of nitrogens with zero attached hydrogens (tertiary/aromatic N) is 1. The minimum Gasteiger partial charge on any atom is -0.330 e. The lowest BCUT2D eigenvalue weighted by Crippen LogP contribution is -2.34. The molecule has 21 heavy (non-hydrogen) atoms. The first-order valence-corrected chi connectivity index (χ1v) is 7.96. The molecule has 4 heteroatoms. The van der Waals surface area contributed by atoms with Crippen molar-refractivity contribution in [1.82, 2.24) is 0 Å². The van der Waals surface area contributed by atoms with E-state index in [1.807, 2.05) is 0 Å². The van der Waals surface area contributed by atoms with Crippen molar-refractivity contribution in [3.05, 3.63) is 30.1 Å². The minimum absolute atomic E-state index is 0.141. The van der Waals surface area contributed by atoms with Crippen LogP contribution in [0.25, 0.3) is 0 Å². The number of hydrogen-bond donors (Lipinski definition) is 1. The molecule has 1 aromatic rings. The Hall–Kier alpha value is -1.42. The summed E-state index contributed by atoms with van der Waals surface area (Å²) in [5.41, 5.74) is 6.33. The Kier molecular flexibility index (Phi) is 6.18. The Bertz CT molecular complexity index is 441. The monoisotopic (exact) mass is 292 g/mol. The summed E-state index contributed by atoms with van der Waals surface area (Å²) < 4.78 is 13.1. The molecule has 1 aromatic carbocycles. The molecule has 0 atom stereocenters. The molecule has 1 fully saturated rings. The molecule has 0 aliphatic heterocycles. The molecular weight excluding hydrogens is 267 g/mol. The highest BCUT2D eigenvalue weighted by Crippen LogP contribution is 2.28. The zero-order valence-corrected chi connectivity index (χ0v) is 12.6. The van der Waals surface area contributed by atoms with Crippen LogP contribution in [0.5, 0.6) is 0 Å². The molecule has 116 valence electrons. The van der Waals surface area contributed by atoms with Crippen LogP contribution in [-0.2, 0) is 4.79 Å². The highest BCUT2D eigenvalue weighted by atomic mass is 19.1. The third-order valence-corrected chi connectivity index (χ3v) is 4.21. The van der Waals surface area contributed by atoms with Gasteiger partial charge in [0, 0.05) is 18.7 Å². The van der Waals surface area contributed by atoms with Crippen LogP contribution in [0.3, 0.4) is 0 Å². The van der Waals surface area contributed by atoms with Crippen LogP contribution in [0.2, 0.25) is 0 Å². The largest absolute Gasteiger partial charge is 0.330 e. The van der Waals surface area contributed by atoms with E-state index >= 15 is 0 Å². The van der Waals surface area contributed by atoms with Gasteiger partial charge in [-0.15, -0.1) is 0 Å². The first-order valence-electron chi connectivity index (χ1n) is 7.96. The van der Waals surface area contributed by atoms with E-state index in [1.54, 1.807) is 17.0 Å². The van der Waals surface area contributed by atoms with E-state index in [-0.39, 0.29) is 11.7 Å². The molecule has 2 rings (SSSR count). The van der Waals surface area contributed by atoms with Crippen molar-refractivity contribution in [3.8, 4) is 0 Å². The fourth-order valence-corrected chi connectivity index (χ4v) is 3.02. The second kappa shape index (κ2) is 8.13. The topological polar surface area (TPSA) is 46.3 Å². The number of halogens is 1. The maximum Gasteiger partial charge on any atom is 0.227 e. The number of amides is 1. The first kappa shape index (κ1) is 16.0. The van der Waals surface area contributed by atoms with E-state index in [4.69, 9.17) is 5.73 Å². The van der Waals surface area contributed by atoms with Crippen molar-refractivity contribution < 1.29 is 9.18 Å². The minimum atomic E-state index is -0.280. The summed E-state index contributed by atoms with van der Waals surface area (Å²) in [4.78, 5) is 14.4. The quantitative estimate of drug-likeness (QED) is 0.872. The Morgan fingerprint density at radius 1 is 1.19 bits per heavy atom. The molecule has 1 saturated carbocycles. The van der Waals surface area contributed by atoms with Gasteiger partial charge in [0.2, 0.25) is 5.91 Å². The molecule has 0 saturated heterocycles. The number of anilines is 1. The van der Waals surface area contributed by atoms with Crippen molar-refractivity contribution in [1.29, 1.82) is 0 Å². The number of carbonyl (C=O) groups excluding carboxylic acids is 1. The Labute approximate surface area is 126 Å². The predicted molar refractivity (Wildman–Crippen MR) is 83.6 cm³/mol. The second-order valence-electron chi connectivity index (χ2n) is 5.87. The number of rotatable bonds is 6. The standard InChI is InChI=1S/C17H25FN2O/c18-15-7-9-16(10-8-15)20(12-4-11-19)17(21)13-14-5-2-1-3-6-14/h7-10,14H,1-6,11-13,19H2. The van der Waals surface area contributed by atoms with Gasteiger partial charge in [-0.25, -0.2) is 4.39 Å². The average molecular weight is 292 g/mol. The second-order valence-corrected chi connectivity index (χ2v) is 5.87. The molecule has 1 aliphatic carbocycles. The SMILES string of the molecule is NCCCN(C(=O)CC1CCCCC1)c1ccc(F)cc1. The zero-order valence-electron chi connectivity index (χ0n) is 12.6. The summed E-state index contributed by atoms with van der Waals surface area (Å²) in [6, 6.07) is 6.15. The Balaban J connectivity index is 2.03. The van der Waals surface area contributed by atoms with Gasteiger partial charge in [0.15, 0.2) is 0 Å². The number of carbonyl (C=O) groups is 1. The van der Waals surface area contributed by atoms with Crippen molar-refractivity contribution in [2.75, 3.05) is 18.0 Å². The van der Waals surface area contributed by atoms with Crippen molar-refractivity contribution >= 4 is 11.6 Å². The van der Waals surface area contributed by atoms with Crippen LogP contribution in [0.1, 0.15) is 44.9 Å². The third-order valence-electron chi connectivity index (χ3n) is 4.21. The molecule has 0 bridgehead atoms. The number of nitrogens with two attached hydrogens (primary N) is 1. The maximum atomic E-state index is 13.1. The molecule has 0 spiro atoms. The van der Waals surface area contributed by atoms with Crippen LogP contribution in [0, 0.1) is 11.7 Å².